The summed E-state index contributed by atoms with van der Waals surface area (Å²) in [5.74, 6) is 0. The summed E-state index contributed by atoms with van der Waals surface area (Å²) in [7, 11) is 0. The number of benzene rings is 3. The Bertz CT molecular complexity index is 995. The van der Waals surface area contributed by atoms with Crippen molar-refractivity contribution in [1.29, 1.82) is 0 Å². The van der Waals surface area contributed by atoms with E-state index in [4.69, 9.17) is 23.6 Å². The van der Waals surface area contributed by atoms with Crippen LogP contribution in [0.3, 0.4) is 0 Å². The molecular formula is C24H30N2P2S2. The summed E-state index contributed by atoms with van der Waals surface area (Å²) in [6.45, 7) is 8.77. The van der Waals surface area contributed by atoms with Crippen molar-refractivity contribution in [3.8, 4) is 0 Å². The summed E-state index contributed by atoms with van der Waals surface area (Å²) in [5.41, 5.74) is 0. The van der Waals surface area contributed by atoms with Gasteiger partial charge in [0, 0.05) is 28.0 Å². The van der Waals surface area contributed by atoms with Gasteiger partial charge in [0.25, 0.3) is 0 Å². The number of nitrogens with one attached hydrogen (secondary N) is 1. The van der Waals surface area contributed by atoms with Gasteiger partial charge in [-0.25, -0.2) is 4.44 Å². The van der Waals surface area contributed by atoms with Gasteiger partial charge in [-0.15, -0.1) is 0 Å². The van der Waals surface area contributed by atoms with Gasteiger partial charge in [-0.1, -0.05) is 115 Å². The SMILES string of the molecule is CC(C)N[P@@](=S)(c1ccccc1)N(C(C)C)P(=S)(c1ccccc1)c1ccccc1. The largest absolute Gasteiger partial charge is 0.271 e. The van der Waals surface area contributed by atoms with Crippen LogP contribution in [0.1, 0.15) is 27.7 Å². The van der Waals surface area contributed by atoms with E-state index in [0.717, 1.165) is 5.30 Å². The van der Waals surface area contributed by atoms with E-state index in [1.54, 1.807) is 0 Å². The summed E-state index contributed by atoms with van der Waals surface area (Å²) < 4.78 is 2.49. The van der Waals surface area contributed by atoms with E-state index in [0.29, 0.717) is 0 Å². The van der Waals surface area contributed by atoms with Crippen LogP contribution in [0.25, 0.3) is 0 Å². The Balaban J connectivity index is 2.35. The zero-order valence-corrected chi connectivity index (χ0v) is 21.4. The molecule has 3 aromatic carbocycles. The Morgan fingerprint density at radius 1 is 0.633 bits per heavy atom. The van der Waals surface area contributed by atoms with Gasteiger partial charge >= 0.3 is 0 Å². The molecule has 158 valence electrons. The first-order chi connectivity index (χ1) is 14.3. The predicted octanol–water partition coefficient (Wildman–Crippen LogP) is 5.38. The minimum atomic E-state index is -2.38. The van der Waals surface area contributed by atoms with E-state index >= 15 is 0 Å². The molecule has 30 heavy (non-hydrogen) atoms. The molecule has 0 aliphatic carbocycles. The van der Waals surface area contributed by atoms with Gasteiger partial charge in [-0.2, -0.15) is 0 Å². The summed E-state index contributed by atoms with van der Waals surface area (Å²) in [6.07, 6.45) is -4.77. The molecule has 0 fully saturated rings. The summed E-state index contributed by atoms with van der Waals surface area (Å²) >= 11 is 13.3. The second kappa shape index (κ2) is 10.0. The second-order valence-electron chi connectivity index (χ2n) is 7.86. The van der Waals surface area contributed by atoms with Crippen LogP contribution < -0.4 is 21.0 Å². The standard InChI is InChI=1S/C24H30N2P2S2/c1-20(2)25-28(30,24-18-12-7-13-19-24)26(21(3)4)27(29,22-14-8-5-9-15-22)23-16-10-6-11-17-23/h5-21H,1-4H3,(H,25,30)/t28-/m0/s1. The molecule has 6 heteroatoms. The van der Waals surface area contributed by atoms with Crippen LogP contribution >= 0.6 is 12.5 Å². The zero-order valence-electron chi connectivity index (χ0n) is 18.0. The molecule has 0 saturated carbocycles. The maximum absolute atomic E-state index is 6.69. The van der Waals surface area contributed by atoms with Crippen LogP contribution in [0.2, 0.25) is 0 Å². The minimum Gasteiger partial charge on any atom is -0.271 e. The quantitative estimate of drug-likeness (QED) is 0.443. The van der Waals surface area contributed by atoms with Gasteiger partial charge in [-0.05, 0) is 27.7 Å². The summed E-state index contributed by atoms with van der Waals surface area (Å²) in [4.78, 5) is 0. The third-order valence-electron chi connectivity index (χ3n) is 4.79. The Hall–Kier alpha value is -1.12. The Kier molecular flexibility index (Phi) is 7.85. The lowest BCUT2D eigenvalue weighted by Gasteiger charge is -2.47. The highest BCUT2D eigenvalue weighted by Gasteiger charge is 2.41. The van der Waals surface area contributed by atoms with Crippen molar-refractivity contribution in [2.24, 2.45) is 0 Å². The lowest BCUT2D eigenvalue weighted by molar-refractivity contribution is 0.564. The van der Waals surface area contributed by atoms with Crippen LogP contribution in [0, 0.1) is 0 Å². The molecule has 1 N–H and O–H groups in total. The van der Waals surface area contributed by atoms with Gasteiger partial charge in [0.2, 0.25) is 0 Å². The summed E-state index contributed by atoms with van der Waals surface area (Å²) in [5, 5.41) is 7.32. The molecule has 0 unspecified atom stereocenters. The van der Waals surface area contributed by atoms with Crippen molar-refractivity contribution in [2.45, 2.75) is 39.8 Å². The molecule has 0 aliphatic rings. The number of nitrogens with zero attached hydrogens (tertiary/aromatic N) is 1. The van der Waals surface area contributed by atoms with Crippen molar-refractivity contribution in [3.63, 3.8) is 0 Å². The fourth-order valence-corrected chi connectivity index (χ4v) is 16.5. The van der Waals surface area contributed by atoms with Crippen molar-refractivity contribution >= 4 is 52.1 Å². The normalized spacial score (nSPS) is 14.2. The Morgan fingerprint density at radius 2 is 1.00 bits per heavy atom. The first-order valence-corrected chi connectivity index (χ1v) is 15.8. The van der Waals surface area contributed by atoms with Crippen molar-refractivity contribution in [3.05, 3.63) is 91.0 Å². The van der Waals surface area contributed by atoms with E-state index in [-0.39, 0.29) is 12.1 Å². The van der Waals surface area contributed by atoms with Crippen LogP contribution in [-0.4, -0.2) is 16.5 Å². The fraction of sp³-hybridized carbons (Fsp3) is 0.250. The third-order valence-corrected chi connectivity index (χ3v) is 16.3. The van der Waals surface area contributed by atoms with Crippen molar-refractivity contribution in [2.75, 3.05) is 0 Å². The van der Waals surface area contributed by atoms with Gasteiger partial charge in [0.1, 0.15) is 6.34 Å². The average molecular weight is 473 g/mol. The molecule has 3 rings (SSSR count). The Morgan fingerprint density at radius 3 is 1.33 bits per heavy atom. The van der Waals surface area contributed by atoms with Crippen molar-refractivity contribution in [1.82, 2.24) is 9.53 Å². The Labute approximate surface area is 191 Å². The van der Waals surface area contributed by atoms with Gasteiger partial charge in [0.15, 0.2) is 0 Å². The molecular weight excluding hydrogens is 442 g/mol. The van der Waals surface area contributed by atoms with Crippen LogP contribution in [0.5, 0.6) is 0 Å². The third kappa shape index (κ3) is 4.70. The lowest BCUT2D eigenvalue weighted by atomic mass is 10.4. The van der Waals surface area contributed by atoms with Crippen molar-refractivity contribution < 1.29 is 0 Å². The molecule has 0 amide bonds. The number of hydrogen-bond acceptors (Lipinski definition) is 2. The average Bonchev–Trinajstić information content (AvgIpc) is 2.74. The highest BCUT2D eigenvalue weighted by Crippen LogP contribution is 2.64. The predicted molar refractivity (Wildman–Crippen MR) is 142 cm³/mol. The van der Waals surface area contributed by atoms with E-state index < -0.39 is 12.5 Å². The molecule has 0 radical (unpaired) electrons. The smallest absolute Gasteiger partial charge is 0.109 e. The van der Waals surface area contributed by atoms with Crippen LogP contribution in [0.15, 0.2) is 91.0 Å². The zero-order chi connectivity index (χ0) is 21.8. The molecule has 3 aromatic rings. The van der Waals surface area contributed by atoms with E-state index in [1.165, 1.54) is 10.6 Å². The summed E-state index contributed by atoms with van der Waals surface area (Å²) in [6, 6.07) is 32.0. The first-order valence-electron chi connectivity index (χ1n) is 10.2. The van der Waals surface area contributed by atoms with E-state index in [9.17, 15) is 0 Å². The molecule has 0 aliphatic heterocycles. The van der Waals surface area contributed by atoms with Crippen LogP contribution in [-0.2, 0) is 23.6 Å². The molecule has 1 atom stereocenters. The highest BCUT2D eigenvalue weighted by molar-refractivity contribution is 8.27. The van der Waals surface area contributed by atoms with E-state index in [2.05, 4.69) is 110 Å². The van der Waals surface area contributed by atoms with Gasteiger partial charge in [0.05, 0.1) is 6.19 Å². The van der Waals surface area contributed by atoms with E-state index in [1.807, 2.05) is 18.2 Å². The maximum Gasteiger partial charge on any atom is 0.109 e. The molecule has 2 nitrogen and oxygen atoms in total. The highest BCUT2D eigenvalue weighted by atomic mass is 32.5. The topological polar surface area (TPSA) is 15.3 Å². The fourth-order valence-electron chi connectivity index (χ4n) is 3.71. The maximum atomic E-state index is 6.69. The molecule has 0 bridgehead atoms. The van der Waals surface area contributed by atoms with Crippen LogP contribution in [0.4, 0.5) is 0 Å². The molecule has 0 aromatic heterocycles. The first kappa shape index (κ1) is 23.5. The van der Waals surface area contributed by atoms with Gasteiger partial charge in [-0.3, -0.25) is 5.09 Å². The molecule has 0 heterocycles. The van der Waals surface area contributed by atoms with Gasteiger partial charge < -0.3 is 0 Å². The number of rotatable bonds is 8. The molecule has 0 saturated heterocycles. The minimum absolute atomic E-state index is 0.175. The monoisotopic (exact) mass is 472 g/mol. The molecule has 0 spiro atoms. The second-order valence-corrected chi connectivity index (χ2v) is 16.3. The lowest BCUT2D eigenvalue weighted by Crippen LogP contribution is -2.42. The number of hydrogen-bond donors (Lipinski definition) is 1.